The van der Waals surface area contributed by atoms with E-state index in [-0.39, 0.29) is 23.1 Å². The van der Waals surface area contributed by atoms with Crippen LogP contribution >= 0.6 is 0 Å². The van der Waals surface area contributed by atoms with Crippen molar-refractivity contribution < 1.29 is 14.5 Å². The Morgan fingerprint density at radius 2 is 2.10 bits per heavy atom. The van der Waals surface area contributed by atoms with Gasteiger partial charge in [0, 0.05) is 18.2 Å². The van der Waals surface area contributed by atoms with E-state index in [9.17, 15) is 19.7 Å². The van der Waals surface area contributed by atoms with Crippen LogP contribution in [0.15, 0.2) is 18.2 Å². The van der Waals surface area contributed by atoms with Crippen LogP contribution in [-0.4, -0.2) is 29.2 Å². The number of hydrogen-bond acceptors (Lipinski definition) is 5. The van der Waals surface area contributed by atoms with Gasteiger partial charge in [0.15, 0.2) is 5.78 Å². The summed E-state index contributed by atoms with van der Waals surface area (Å²) in [7, 11) is 0. The summed E-state index contributed by atoms with van der Waals surface area (Å²) in [6.45, 7) is 2.08. The van der Waals surface area contributed by atoms with Crippen LogP contribution in [0.5, 0.6) is 0 Å². The van der Waals surface area contributed by atoms with Crippen molar-refractivity contribution in [3.63, 3.8) is 0 Å². The van der Waals surface area contributed by atoms with Gasteiger partial charge in [-0.2, -0.15) is 0 Å². The number of nitrogens with zero attached hydrogens (tertiary/aromatic N) is 2. The molecule has 0 saturated carbocycles. The van der Waals surface area contributed by atoms with E-state index in [1.165, 1.54) is 25.1 Å². The number of hydrogen-bond donors (Lipinski definition) is 1. The number of ketones is 1. The molecule has 1 aromatic carbocycles. The van der Waals surface area contributed by atoms with Gasteiger partial charge in [-0.15, -0.1) is 0 Å². The molecule has 112 valence electrons. The van der Waals surface area contributed by atoms with Crippen molar-refractivity contribution in [2.75, 3.05) is 11.4 Å². The van der Waals surface area contributed by atoms with Gasteiger partial charge in [-0.3, -0.25) is 19.7 Å². The third-order valence-electron chi connectivity index (χ3n) is 3.74. The third-order valence-corrected chi connectivity index (χ3v) is 3.74. The van der Waals surface area contributed by atoms with Crippen LogP contribution in [0.1, 0.15) is 36.5 Å². The molecule has 0 aliphatic carbocycles. The Labute approximate surface area is 121 Å². The summed E-state index contributed by atoms with van der Waals surface area (Å²) in [5, 5.41) is 11.3. The van der Waals surface area contributed by atoms with Crippen LogP contribution in [-0.2, 0) is 4.79 Å². The lowest BCUT2D eigenvalue weighted by molar-refractivity contribution is -0.384. The molecule has 2 rings (SSSR count). The van der Waals surface area contributed by atoms with E-state index in [4.69, 9.17) is 5.73 Å². The Morgan fingerprint density at radius 3 is 2.67 bits per heavy atom. The van der Waals surface area contributed by atoms with Gasteiger partial charge in [0.2, 0.25) is 5.91 Å². The molecule has 1 heterocycles. The highest BCUT2D eigenvalue weighted by Gasteiger charge is 2.31. The smallest absolute Gasteiger partial charge is 0.293 e. The molecular formula is C14H17N3O4. The first-order valence-electron chi connectivity index (χ1n) is 6.77. The van der Waals surface area contributed by atoms with Crippen molar-refractivity contribution in [1.82, 2.24) is 0 Å². The molecule has 21 heavy (non-hydrogen) atoms. The molecule has 1 fully saturated rings. The number of benzene rings is 1. The summed E-state index contributed by atoms with van der Waals surface area (Å²) in [4.78, 5) is 35.4. The van der Waals surface area contributed by atoms with Crippen LogP contribution in [0.4, 0.5) is 11.4 Å². The third kappa shape index (κ3) is 3.01. The standard InChI is InChI=1S/C14H17N3O4/c1-9(18)11-4-2-3-7-16(11)12-6-5-10(14(15)19)8-13(12)17(20)21/h5-6,8,11H,2-4,7H2,1H3,(H2,15,19). The Hall–Kier alpha value is -2.44. The highest BCUT2D eigenvalue weighted by molar-refractivity contribution is 5.95. The first-order chi connectivity index (χ1) is 9.91. The first kappa shape index (κ1) is 15.0. The maximum absolute atomic E-state index is 11.8. The van der Waals surface area contributed by atoms with E-state index in [0.717, 1.165) is 12.8 Å². The Bertz CT molecular complexity index is 600. The number of anilines is 1. The Kier molecular flexibility index (Phi) is 4.21. The fourth-order valence-corrected chi connectivity index (χ4v) is 2.71. The van der Waals surface area contributed by atoms with Crippen LogP contribution < -0.4 is 10.6 Å². The Balaban J connectivity index is 2.48. The van der Waals surface area contributed by atoms with Gasteiger partial charge < -0.3 is 10.6 Å². The predicted molar refractivity (Wildman–Crippen MR) is 77.3 cm³/mol. The van der Waals surface area contributed by atoms with Crippen molar-refractivity contribution in [2.45, 2.75) is 32.2 Å². The minimum Gasteiger partial charge on any atom is -0.366 e. The van der Waals surface area contributed by atoms with Gasteiger partial charge in [-0.25, -0.2) is 0 Å². The van der Waals surface area contributed by atoms with E-state index < -0.39 is 10.8 Å². The topological polar surface area (TPSA) is 107 Å². The lowest BCUT2D eigenvalue weighted by atomic mass is 9.97. The first-order valence-corrected chi connectivity index (χ1v) is 6.77. The molecule has 1 unspecified atom stereocenters. The van der Waals surface area contributed by atoms with Gasteiger partial charge in [0.25, 0.3) is 5.69 Å². The molecule has 2 N–H and O–H groups in total. The molecule has 1 atom stereocenters. The summed E-state index contributed by atoms with van der Waals surface area (Å²) in [6.07, 6.45) is 2.48. The van der Waals surface area contributed by atoms with Crippen molar-refractivity contribution in [3.05, 3.63) is 33.9 Å². The Morgan fingerprint density at radius 1 is 1.38 bits per heavy atom. The van der Waals surface area contributed by atoms with Crippen LogP contribution in [0, 0.1) is 10.1 Å². The van der Waals surface area contributed by atoms with Gasteiger partial charge in [0.1, 0.15) is 5.69 Å². The molecular weight excluding hydrogens is 274 g/mol. The largest absolute Gasteiger partial charge is 0.366 e. The van der Waals surface area contributed by atoms with Crippen molar-refractivity contribution >= 4 is 23.1 Å². The van der Waals surface area contributed by atoms with Crippen LogP contribution in [0.25, 0.3) is 0 Å². The number of primary amides is 1. The predicted octanol–water partition coefficient (Wildman–Crippen LogP) is 1.64. The number of nitrogens with two attached hydrogens (primary N) is 1. The molecule has 1 saturated heterocycles. The average Bonchev–Trinajstić information content (AvgIpc) is 2.46. The summed E-state index contributed by atoms with van der Waals surface area (Å²) in [5.74, 6) is -0.727. The summed E-state index contributed by atoms with van der Waals surface area (Å²) >= 11 is 0. The second kappa shape index (κ2) is 5.90. The molecule has 0 bridgehead atoms. The zero-order chi connectivity index (χ0) is 15.6. The van der Waals surface area contributed by atoms with Crippen molar-refractivity contribution in [2.24, 2.45) is 5.73 Å². The maximum Gasteiger partial charge on any atom is 0.293 e. The number of Topliss-reactive ketones (excluding diaryl/α,β-unsaturated/α-hetero) is 1. The number of amides is 1. The summed E-state index contributed by atoms with van der Waals surface area (Å²) in [6, 6.07) is 3.77. The fourth-order valence-electron chi connectivity index (χ4n) is 2.71. The molecule has 0 radical (unpaired) electrons. The van der Waals surface area contributed by atoms with Crippen LogP contribution in [0.2, 0.25) is 0 Å². The lowest BCUT2D eigenvalue weighted by Gasteiger charge is -2.35. The number of rotatable bonds is 4. The molecule has 1 aromatic rings. The monoisotopic (exact) mass is 291 g/mol. The maximum atomic E-state index is 11.8. The highest BCUT2D eigenvalue weighted by atomic mass is 16.6. The molecule has 0 spiro atoms. The highest BCUT2D eigenvalue weighted by Crippen LogP contribution is 2.33. The zero-order valence-electron chi connectivity index (χ0n) is 11.7. The van der Waals surface area contributed by atoms with Crippen molar-refractivity contribution in [3.8, 4) is 0 Å². The minimum absolute atomic E-state index is 0.0111. The fraction of sp³-hybridized carbons (Fsp3) is 0.429. The number of nitro benzene ring substituents is 1. The summed E-state index contributed by atoms with van der Waals surface area (Å²) < 4.78 is 0. The number of nitro groups is 1. The number of piperidine rings is 1. The van der Waals surface area contributed by atoms with Crippen molar-refractivity contribution in [1.29, 1.82) is 0 Å². The van der Waals surface area contributed by atoms with Gasteiger partial charge in [0.05, 0.1) is 11.0 Å². The number of carbonyl (C=O) groups is 2. The summed E-state index contributed by atoms with van der Waals surface area (Å²) in [5.41, 5.74) is 5.41. The van der Waals surface area contributed by atoms with Gasteiger partial charge >= 0.3 is 0 Å². The molecule has 1 amide bonds. The molecule has 1 aliphatic rings. The van der Waals surface area contributed by atoms with Gasteiger partial charge in [-0.05, 0) is 38.3 Å². The molecule has 1 aliphatic heterocycles. The lowest BCUT2D eigenvalue weighted by Crippen LogP contribution is -2.44. The second-order valence-electron chi connectivity index (χ2n) is 5.14. The SMILES string of the molecule is CC(=O)C1CCCCN1c1ccc(C(N)=O)cc1[N+](=O)[O-]. The zero-order valence-corrected chi connectivity index (χ0v) is 11.7. The van der Waals surface area contributed by atoms with Crippen LogP contribution in [0.3, 0.4) is 0 Å². The minimum atomic E-state index is -0.716. The van der Waals surface area contributed by atoms with E-state index in [0.29, 0.717) is 18.7 Å². The molecule has 0 aromatic heterocycles. The molecule has 7 nitrogen and oxygen atoms in total. The average molecular weight is 291 g/mol. The quantitative estimate of drug-likeness (QED) is 0.670. The number of carbonyl (C=O) groups excluding carboxylic acids is 2. The molecule has 7 heteroatoms. The van der Waals surface area contributed by atoms with E-state index in [2.05, 4.69) is 0 Å². The van der Waals surface area contributed by atoms with E-state index in [1.54, 1.807) is 4.90 Å². The normalized spacial score (nSPS) is 18.3. The van der Waals surface area contributed by atoms with Gasteiger partial charge in [-0.1, -0.05) is 0 Å². The van der Waals surface area contributed by atoms with E-state index >= 15 is 0 Å². The van der Waals surface area contributed by atoms with E-state index in [1.807, 2.05) is 0 Å². The second-order valence-corrected chi connectivity index (χ2v) is 5.14.